The van der Waals surface area contributed by atoms with Crippen LogP contribution >= 0.6 is 0 Å². The van der Waals surface area contributed by atoms with Gasteiger partial charge in [-0.3, -0.25) is 4.98 Å². The Hall–Kier alpha value is -2.30. The molecule has 1 aromatic carbocycles. The lowest BCUT2D eigenvalue weighted by Crippen LogP contribution is -2.42. The quantitative estimate of drug-likeness (QED) is 0.831. The van der Waals surface area contributed by atoms with Gasteiger partial charge in [-0.1, -0.05) is 12.1 Å². The number of ether oxygens (including phenoxy) is 1. The molecule has 140 valence electrons. The first-order valence-corrected chi connectivity index (χ1v) is 9.41. The Bertz CT molecular complexity index is 769. The zero-order valence-corrected chi connectivity index (χ0v) is 16.1. The molecule has 0 atom stereocenters. The number of amides is 1. The van der Waals surface area contributed by atoms with Gasteiger partial charge in [-0.05, 0) is 65.0 Å². The number of benzene rings is 1. The summed E-state index contributed by atoms with van der Waals surface area (Å²) in [7, 11) is 0. The highest BCUT2D eigenvalue weighted by Gasteiger charge is 2.25. The van der Waals surface area contributed by atoms with Crippen molar-refractivity contribution in [3.8, 4) is 0 Å². The van der Waals surface area contributed by atoms with E-state index in [2.05, 4.69) is 40.7 Å². The zero-order chi connectivity index (χ0) is 18.7. The van der Waals surface area contributed by atoms with Crippen LogP contribution in [0.25, 0.3) is 10.8 Å². The largest absolute Gasteiger partial charge is 0.444 e. The van der Waals surface area contributed by atoms with E-state index in [4.69, 9.17) is 4.74 Å². The van der Waals surface area contributed by atoms with Crippen molar-refractivity contribution in [3.63, 3.8) is 0 Å². The first-order valence-electron chi connectivity index (χ1n) is 9.41. The first kappa shape index (κ1) is 18.5. The minimum Gasteiger partial charge on any atom is -0.444 e. The number of alkyl carbamates (subject to hydrolysis) is 1. The van der Waals surface area contributed by atoms with E-state index >= 15 is 0 Å². The summed E-state index contributed by atoms with van der Waals surface area (Å²) in [6.45, 7) is 7.75. The standard InChI is InChI=1S/C21H29N3O2/c1-14-12-22-13-15-6-5-7-18(19(14)15)23-16-8-10-17(11-9-16)24-20(25)26-21(2,3)4/h5-7,12-13,16-17,23H,8-11H2,1-4H3,(H,24,25)/t16-,17-. The molecule has 1 aliphatic rings. The van der Waals surface area contributed by atoms with Crippen LogP contribution in [-0.2, 0) is 4.74 Å². The fourth-order valence-electron chi connectivity index (χ4n) is 3.61. The predicted molar refractivity (Wildman–Crippen MR) is 106 cm³/mol. The fraction of sp³-hybridized carbons (Fsp3) is 0.524. The second-order valence-electron chi connectivity index (χ2n) is 8.20. The summed E-state index contributed by atoms with van der Waals surface area (Å²) >= 11 is 0. The molecule has 1 saturated carbocycles. The van der Waals surface area contributed by atoms with Crippen molar-refractivity contribution >= 4 is 22.6 Å². The molecule has 0 aliphatic heterocycles. The summed E-state index contributed by atoms with van der Waals surface area (Å²) in [6.07, 6.45) is 7.49. The smallest absolute Gasteiger partial charge is 0.407 e. The number of nitrogens with one attached hydrogen (secondary N) is 2. The maximum absolute atomic E-state index is 11.9. The van der Waals surface area contributed by atoms with Gasteiger partial charge >= 0.3 is 6.09 Å². The number of hydrogen-bond acceptors (Lipinski definition) is 4. The van der Waals surface area contributed by atoms with Crippen LogP contribution in [0.3, 0.4) is 0 Å². The number of anilines is 1. The van der Waals surface area contributed by atoms with Gasteiger partial charge in [0.2, 0.25) is 0 Å². The molecule has 2 N–H and O–H groups in total. The number of aromatic nitrogens is 1. The maximum Gasteiger partial charge on any atom is 0.407 e. The SMILES string of the molecule is Cc1cncc2cccc(N[C@H]3CC[C@H](NC(=O)OC(C)(C)C)CC3)c12. The topological polar surface area (TPSA) is 63.2 Å². The average Bonchev–Trinajstić information content (AvgIpc) is 2.55. The highest BCUT2D eigenvalue weighted by Crippen LogP contribution is 2.29. The number of rotatable bonds is 3. The molecule has 3 rings (SSSR count). The summed E-state index contributed by atoms with van der Waals surface area (Å²) in [5.74, 6) is 0. The molecule has 5 nitrogen and oxygen atoms in total. The van der Waals surface area contributed by atoms with Crippen molar-refractivity contribution in [1.82, 2.24) is 10.3 Å². The van der Waals surface area contributed by atoms with E-state index in [-0.39, 0.29) is 12.1 Å². The van der Waals surface area contributed by atoms with Gasteiger partial charge in [0, 0.05) is 40.9 Å². The van der Waals surface area contributed by atoms with Crippen molar-refractivity contribution in [1.29, 1.82) is 0 Å². The summed E-state index contributed by atoms with van der Waals surface area (Å²) in [5.41, 5.74) is 1.90. The number of carbonyl (C=O) groups is 1. The normalized spacial score (nSPS) is 20.6. The Morgan fingerprint density at radius 3 is 2.50 bits per heavy atom. The Morgan fingerprint density at radius 2 is 1.81 bits per heavy atom. The monoisotopic (exact) mass is 355 g/mol. The molecule has 1 aliphatic carbocycles. The van der Waals surface area contributed by atoms with Gasteiger partial charge in [0.05, 0.1) is 0 Å². The predicted octanol–water partition coefficient (Wildman–Crippen LogP) is 4.79. The third-order valence-corrected chi connectivity index (χ3v) is 4.78. The third-order valence-electron chi connectivity index (χ3n) is 4.78. The van der Waals surface area contributed by atoms with Gasteiger partial charge < -0.3 is 15.4 Å². The van der Waals surface area contributed by atoms with Crippen molar-refractivity contribution in [3.05, 3.63) is 36.2 Å². The minimum absolute atomic E-state index is 0.196. The van der Waals surface area contributed by atoms with Crippen LogP contribution in [0.2, 0.25) is 0 Å². The molecule has 2 aromatic rings. The summed E-state index contributed by atoms with van der Waals surface area (Å²) < 4.78 is 5.35. The van der Waals surface area contributed by atoms with E-state index in [1.165, 1.54) is 16.6 Å². The summed E-state index contributed by atoms with van der Waals surface area (Å²) in [5, 5.41) is 9.12. The zero-order valence-electron chi connectivity index (χ0n) is 16.1. The molecule has 1 amide bonds. The van der Waals surface area contributed by atoms with Crippen LogP contribution in [0.15, 0.2) is 30.6 Å². The van der Waals surface area contributed by atoms with Gasteiger partial charge in [-0.2, -0.15) is 0 Å². The number of nitrogens with zero attached hydrogens (tertiary/aromatic N) is 1. The fourth-order valence-corrected chi connectivity index (χ4v) is 3.61. The Kier molecular flexibility index (Phi) is 5.35. The molecule has 0 unspecified atom stereocenters. The highest BCUT2D eigenvalue weighted by atomic mass is 16.6. The molecule has 1 aromatic heterocycles. The van der Waals surface area contributed by atoms with E-state index in [1.54, 1.807) is 0 Å². The molecule has 5 heteroatoms. The number of hydrogen-bond donors (Lipinski definition) is 2. The van der Waals surface area contributed by atoms with Crippen molar-refractivity contribution in [2.24, 2.45) is 0 Å². The van der Waals surface area contributed by atoms with Gasteiger partial charge in [0.15, 0.2) is 0 Å². The Morgan fingerprint density at radius 1 is 1.12 bits per heavy atom. The molecule has 0 saturated heterocycles. The van der Waals surface area contributed by atoms with Crippen molar-refractivity contribution in [2.45, 2.75) is 71.1 Å². The summed E-state index contributed by atoms with van der Waals surface area (Å²) in [6, 6.07) is 6.93. The Balaban J connectivity index is 1.57. The lowest BCUT2D eigenvalue weighted by atomic mass is 9.91. The van der Waals surface area contributed by atoms with Crippen LogP contribution in [0.1, 0.15) is 52.0 Å². The van der Waals surface area contributed by atoms with Crippen LogP contribution in [0.4, 0.5) is 10.5 Å². The van der Waals surface area contributed by atoms with Gasteiger partial charge in [-0.15, -0.1) is 0 Å². The number of carbonyl (C=O) groups excluding carboxylic acids is 1. The van der Waals surface area contributed by atoms with Crippen LogP contribution < -0.4 is 10.6 Å². The van der Waals surface area contributed by atoms with Crippen molar-refractivity contribution < 1.29 is 9.53 Å². The second-order valence-corrected chi connectivity index (χ2v) is 8.20. The number of aryl methyl sites for hydroxylation is 1. The summed E-state index contributed by atoms with van der Waals surface area (Å²) in [4.78, 5) is 16.2. The van der Waals surface area contributed by atoms with E-state index in [0.29, 0.717) is 6.04 Å². The molecule has 1 fully saturated rings. The molecule has 0 bridgehead atoms. The Labute approximate surface area is 155 Å². The van der Waals surface area contributed by atoms with Crippen LogP contribution in [0, 0.1) is 6.92 Å². The molecule has 0 radical (unpaired) electrons. The van der Waals surface area contributed by atoms with Gasteiger partial charge in [-0.25, -0.2) is 4.79 Å². The third kappa shape index (κ3) is 4.65. The lowest BCUT2D eigenvalue weighted by molar-refractivity contribution is 0.0492. The molecule has 26 heavy (non-hydrogen) atoms. The van der Waals surface area contributed by atoms with Gasteiger partial charge in [0.25, 0.3) is 0 Å². The molecular formula is C21H29N3O2. The van der Waals surface area contributed by atoms with E-state index < -0.39 is 5.60 Å². The minimum atomic E-state index is -0.454. The highest BCUT2D eigenvalue weighted by molar-refractivity contribution is 5.95. The number of fused-ring (bicyclic) bond motifs is 1. The van der Waals surface area contributed by atoms with E-state index in [9.17, 15) is 4.79 Å². The van der Waals surface area contributed by atoms with Crippen LogP contribution in [-0.4, -0.2) is 28.8 Å². The van der Waals surface area contributed by atoms with Gasteiger partial charge in [0.1, 0.15) is 5.60 Å². The molecular weight excluding hydrogens is 326 g/mol. The molecule has 1 heterocycles. The maximum atomic E-state index is 11.9. The van der Waals surface area contributed by atoms with Crippen LogP contribution in [0.5, 0.6) is 0 Å². The lowest BCUT2D eigenvalue weighted by Gasteiger charge is -2.31. The second kappa shape index (κ2) is 7.52. The average molecular weight is 355 g/mol. The van der Waals surface area contributed by atoms with E-state index in [0.717, 1.165) is 31.1 Å². The number of pyridine rings is 1. The van der Waals surface area contributed by atoms with E-state index in [1.807, 2.05) is 33.2 Å². The first-order chi connectivity index (χ1) is 12.3. The van der Waals surface area contributed by atoms with Crippen molar-refractivity contribution in [2.75, 3.05) is 5.32 Å². The molecule has 0 spiro atoms.